The summed E-state index contributed by atoms with van der Waals surface area (Å²) in [7, 11) is 1.89. The van der Waals surface area contributed by atoms with Gasteiger partial charge in [0.15, 0.2) is 11.4 Å². The van der Waals surface area contributed by atoms with Crippen LogP contribution < -0.4 is 9.62 Å². The fourth-order valence-corrected chi connectivity index (χ4v) is 4.34. The van der Waals surface area contributed by atoms with Gasteiger partial charge in [-0.3, -0.25) is 9.52 Å². The van der Waals surface area contributed by atoms with E-state index >= 15 is 0 Å². The zero-order valence-electron chi connectivity index (χ0n) is 17.5. The monoisotopic (exact) mass is 430 g/mol. The predicted octanol–water partition coefficient (Wildman–Crippen LogP) is 5.73. The van der Waals surface area contributed by atoms with Crippen LogP contribution in [-0.2, 0) is 0 Å². The minimum atomic E-state index is 0.527. The summed E-state index contributed by atoms with van der Waals surface area (Å²) >= 11 is 3.17. The quantitative estimate of drug-likeness (QED) is 0.359. The molecule has 2 aromatic rings. The number of rotatable bonds is 6. The molecule has 1 aliphatic carbocycles. The highest BCUT2D eigenvalue weighted by atomic mass is 32.2. The molecule has 5 nitrogen and oxygen atoms in total. The van der Waals surface area contributed by atoms with Gasteiger partial charge in [-0.15, -0.1) is 11.3 Å². The minimum Gasteiger partial charge on any atom is -0.318 e. The molecule has 0 aliphatic heterocycles. The molecule has 7 heteroatoms. The Balaban J connectivity index is 0.000000687. The van der Waals surface area contributed by atoms with E-state index in [9.17, 15) is 4.79 Å². The van der Waals surface area contributed by atoms with Crippen LogP contribution >= 0.6 is 23.3 Å². The van der Waals surface area contributed by atoms with Gasteiger partial charge in [0.2, 0.25) is 0 Å². The Morgan fingerprint density at radius 2 is 1.90 bits per heavy atom. The van der Waals surface area contributed by atoms with Crippen molar-refractivity contribution >= 4 is 40.4 Å². The van der Waals surface area contributed by atoms with E-state index in [1.165, 1.54) is 38.5 Å². The van der Waals surface area contributed by atoms with Crippen LogP contribution in [-0.4, -0.2) is 31.1 Å². The Labute approximate surface area is 182 Å². The maximum atomic E-state index is 11.2. The van der Waals surface area contributed by atoms with Crippen molar-refractivity contribution in [1.29, 1.82) is 5.26 Å². The molecule has 1 saturated carbocycles. The lowest BCUT2D eigenvalue weighted by atomic mass is 9.99. The molecule has 0 saturated heterocycles. The first-order chi connectivity index (χ1) is 14.1. The third kappa shape index (κ3) is 7.14. The lowest BCUT2D eigenvalue weighted by Crippen LogP contribution is -2.25. The Morgan fingerprint density at radius 1 is 1.28 bits per heavy atom. The number of hydrogen-bond donors (Lipinski definition) is 1. The van der Waals surface area contributed by atoms with Gasteiger partial charge in [-0.2, -0.15) is 5.26 Å². The van der Waals surface area contributed by atoms with Crippen LogP contribution in [0.5, 0.6) is 0 Å². The number of nitrogens with one attached hydrogen (secondary N) is 1. The van der Waals surface area contributed by atoms with Gasteiger partial charge in [-0.05, 0) is 63.3 Å². The van der Waals surface area contributed by atoms with E-state index in [1.807, 2.05) is 44.5 Å². The summed E-state index contributed by atoms with van der Waals surface area (Å²) in [5.74, 6) is 0.641. The summed E-state index contributed by atoms with van der Waals surface area (Å²) in [6.07, 6.45) is 10.6. The van der Waals surface area contributed by atoms with Crippen molar-refractivity contribution in [1.82, 2.24) is 9.71 Å². The molecule has 1 aliphatic rings. The Morgan fingerprint density at radius 3 is 2.38 bits per heavy atom. The van der Waals surface area contributed by atoms with Gasteiger partial charge in [-0.25, -0.2) is 4.98 Å². The Kier molecular flexibility index (Phi) is 10.2. The fraction of sp³-hybridized carbons (Fsp3) is 0.500. The van der Waals surface area contributed by atoms with Crippen molar-refractivity contribution in [3.63, 3.8) is 0 Å². The second-order valence-electron chi connectivity index (χ2n) is 7.09. The second kappa shape index (κ2) is 12.6. The van der Waals surface area contributed by atoms with E-state index in [1.54, 1.807) is 23.3 Å². The van der Waals surface area contributed by atoms with Gasteiger partial charge in [0.25, 0.3) is 0 Å². The zero-order valence-corrected chi connectivity index (χ0v) is 19.1. The minimum absolute atomic E-state index is 0.527. The van der Waals surface area contributed by atoms with Crippen molar-refractivity contribution < 1.29 is 4.79 Å². The van der Waals surface area contributed by atoms with Crippen LogP contribution in [0.25, 0.3) is 0 Å². The van der Waals surface area contributed by atoms with E-state index in [2.05, 4.69) is 20.7 Å². The van der Waals surface area contributed by atoms with Crippen LogP contribution in [0.15, 0.2) is 24.3 Å². The molecule has 3 rings (SSSR count). The molecule has 0 spiro atoms. The van der Waals surface area contributed by atoms with Crippen molar-refractivity contribution in [2.24, 2.45) is 5.92 Å². The van der Waals surface area contributed by atoms with Gasteiger partial charge in [0.1, 0.15) is 5.69 Å². The first kappa shape index (κ1) is 23.4. The van der Waals surface area contributed by atoms with Gasteiger partial charge < -0.3 is 4.90 Å². The number of hydrogen-bond acceptors (Lipinski definition) is 7. The van der Waals surface area contributed by atoms with Crippen LogP contribution in [0.4, 0.5) is 10.8 Å². The summed E-state index contributed by atoms with van der Waals surface area (Å²) in [6.45, 7) is 2.85. The van der Waals surface area contributed by atoms with Crippen LogP contribution in [0.1, 0.15) is 59.5 Å². The van der Waals surface area contributed by atoms with Gasteiger partial charge in [0.05, 0.1) is 11.6 Å². The van der Waals surface area contributed by atoms with Crippen molar-refractivity contribution in [2.75, 3.05) is 24.7 Å². The van der Waals surface area contributed by atoms with Crippen molar-refractivity contribution in [3.05, 3.63) is 40.4 Å². The number of nitrogens with zero attached hydrogens (tertiary/aromatic N) is 3. The smallest absolute Gasteiger partial charge is 0.190 e. The molecule has 1 fully saturated rings. The molecule has 0 atom stereocenters. The van der Waals surface area contributed by atoms with Crippen molar-refractivity contribution in [3.8, 4) is 6.07 Å². The van der Waals surface area contributed by atoms with E-state index in [0.29, 0.717) is 17.2 Å². The number of anilines is 2. The normalized spacial score (nSPS) is 14.3. The molecule has 1 aromatic carbocycles. The third-order valence-corrected chi connectivity index (χ3v) is 6.51. The van der Waals surface area contributed by atoms with Crippen LogP contribution in [0, 0.1) is 24.2 Å². The molecular formula is C22H30N4OS2. The number of aldehydes is 1. The topological polar surface area (TPSA) is 69.0 Å². The maximum absolute atomic E-state index is 11.2. The van der Waals surface area contributed by atoms with E-state index in [0.717, 1.165) is 28.5 Å². The number of nitriles is 1. The van der Waals surface area contributed by atoms with Gasteiger partial charge >= 0.3 is 0 Å². The molecule has 156 valence electrons. The molecule has 0 amide bonds. The largest absolute Gasteiger partial charge is 0.318 e. The molecular weight excluding hydrogens is 400 g/mol. The number of benzene rings is 1. The Bertz CT molecular complexity index is 788. The van der Waals surface area contributed by atoms with Crippen LogP contribution in [0.2, 0.25) is 0 Å². The molecule has 1 heterocycles. The standard InChI is InChI=1S/C20H23N3OS.C2H7NS/c1-15-19(14-24)22-20(25-15)23(13-17-6-4-2-3-5-7-17)18-10-8-16(12-21)9-11-18;1-3-4-2/h8-11,14,17H,2-7,13H2,1H3;3H,1-2H3. The van der Waals surface area contributed by atoms with E-state index < -0.39 is 0 Å². The summed E-state index contributed by atoms with van der Waals surface area (Å²) in [4.78, 5) is 18.9. The third-order valence-electron chi connectivity index (χ3n) is 5.09. The average molecular weight is 431 g/mol. The molecule has 1 aromatic heterocycles. The second-order valence-corrected chi connectivity index (χ2v) is 9.09. The highest BCUT2D eigenvalue weighted by molar-refractivity contribution is 7.96. The Hall–Kier alpha value is -1.88. The number of carbonyl (C=O) groups excluding carboxylic acids is 1. The average Bonchev–Trinajstić information content (AvgIpc) is 2.95. The zero-order chi connectivity index (χ0) is 21.1. The predicted molar refractivity (Wildman–Crippen MR) is 124 cm³/mol. The number of thiazole rings is 1. The van der Waals surface area contributed by atoms with E-state index in [-0.39, 0.29) is 0 Å². The van der Waals surface area contributed by atoms with Gasteiger partial charge in [-0.1, -0.05) is 37.6 Å². The number of carbonyl (C=O) groups is 1. The SMILES string of the molecule is CNSC.Cc1sc(N(CC2CCCCCC2)c2ccc(C#N)cc2)nc1C=O. The summed E-state index contributed by atoms with van der Waals surface area (Å²) in [5, 5.41) is 9.90. The van der Waals surface area contributed by atoms with Crippen LogP contribution in [0.3, 0.4) is 0 Å². The number of aryl methyl sites for hydroxylation is 1. The first-order valence-electron chi connectivity index (χ1n) is 10.0. The molecule has 0 unspecified atom stereocenters. The highest BCUT2D eigenvalue weighted by Crippen LogP contribution is 2.34. The summed E-state index contributed by atoms with van der Waals surface area (Å²) < 4.78 is 2.85. The van der Waals surface area contributed by atoms with E-state index in [4.69, 9.17) is 5.26 Å². The highest BCUT2D eigenvalue weighted by Gasteiger charge is 2.21. The molecule has 0 bridgehead atoms. The summed E-state index contributed by atoms with van der Waals surface area (Å²) in [5.41, 5.74) is 2.22. The molecule has 29 heavy (non-hydrogen) atoms. The maximum Gasteiger partial charge on any atom is 0.190 e. The summed E-state index contributed by atoms with van der Waals surface area (Å²) in [6, 6.07) is 9.81. The molecule has 1 N–H and O–H groups in total. The fourth-order valence-electron chi connectivity index (χ4n) is 3.43. The van der Waals surface area contributed by atoms with Gasteiger partial charge in [0, 0.05) is 17.1 Å². The number of aromatic nitrogens is 1. The molecule has 0 radical (unpaired) electrons. The van der Waals surface area contributed by atoms with Crippen molar-refractivity contribution in [2.45, 2.75) is 45.4 Å². The lowest BCUT2D eigenvalue weighted by Gasteiger charge is -2.27. The first-order valence-corrected chi connectivity index (χ1v) is 12.1. The lowest BCUT2D eigenvalue weighted by molar-refractivity contribution is 0.111.